The molecular weight excluding hydrogens is 228 g/mol. The van der Waals surface area contributed by atoms with E-state index in [1.54, 1.807) is 0 Å². The number of aryl methyl sites for hydroxylation is 1. The van der Waals surface area contributed by atoms with Crippen molar-refractivity contribution in [3.63, 3.8) is 0 Å². The van der Waals surface area contributed by atoms with Crippen LogP contribution in [0.15, 0.2) is 12.1 Å². The molecule has 4 nitrogen and oxygen atoms in total. The zero-order valence-corrected chi connectivity index (χ0v) is 11.3. The molecule has 0 saturated heterocycles. The number of fused-ring (bicyclic) bond motifs is 1. The number of hydrogen-bond donors (Lipinski definition) is 0. The first-order chi connectivity index (χ1) is 8.50. The lowest BCUT2D eigenvalue weighted by molar-refractivity contribution is -0.135. The van der Waals surface area contributed by atoms with Crippen LogP contribution in [0.25, 0.3) is 0 Å². The molecular formula is C14H20N2O2. The molecule has 1 amide bonds. The Hall–Kier alpha value is -1.58. The number of carbonyl (C=O) groups is 2. The molecule has 98 valence electrons. The minimum absolute atomic E-state index is 0.0761. The van der Waals surface area contributed by atoms with Gasteiger partial charge in [-0.3, -0.25) is 4.79 Å². The number of Topliss-reactive ketones (excluding diaryl/α,β-unsaturated/α-hetero) is 1. The number of hydrogen-bond acceptors (Lipinski definition) is 2. The minimum Gasteiger partial charge on any atom is -0.345 e. The van der Waals surface area contributed by atoms with Crippen molar-refractivity contribution in [1.82, 2.24) is 9.47 Å². The van der Waals surface area contributed by atoms with Crippen LogP contribution < -0.4 is 0 Å². The molecule has 0 bridgehead atoms. The summed E-state index contributed by atoms with van der Waals surface area (Å²) < 4.78 is 2.26. The predicted molar refractivity (Wildman–Crippen MR) is 69.2 cm³/mol. The van der Waals surface area contributed by atoms with Crippen molar-refractivity contribution in [3.8, 4) is 0 Å². The highest BCUT2D eigenvalue weighted by atomic mass is 16.2. The molecule has 1 aliphatic rings. The van der Waals surface area contributed by atoms with Crippen LogP contribution >= 0.6 is 0 Å². The van der Waals surface area contributed by atoms with Gasteiger partial charge in [-0.05, 0) is 32.9 Å². The molecule has 0 saturated carbocycles. The maximum absolute atomic E-state index is 12.1. The van der Waals surface area contributed by atoms with E-state index in [2.05, 4.69) is 30.5 Å². The van der Waals surface area contributed by atoms with E-state index in [1.807, 2.05) is 4.90 Å². The summed E-state index contributed by atoms with van der Waals surface area (Å²) in [6.07, 6.45) is 0.682. The van der Waals surface area contributed by atoms with Gasteiger partial charge in [0.15, 0.2) is 0 Å². The van der Waals surface area contributed by atoms with Crippen LogP contribution in [0.5, 0.6) is 0 Å². The third-order valence-electron chi connectivity index (χ3n) is 3.70. The number of nitrogens with zero attached hydrogens (tertiary/aromatic N) is 2. The highest BCUT2D eigenvalue weighted by molar-refractivity contribution is 5.83. The van der Waals surface area contributed by atoms with E-state index >= 15 is 0 Å². The van der Waals surface area contributed by atoms with Gasteiger partial charge in [0.1, 0.15) is 5.78 Å². The highest BCUT2D eigenvalue weighted by Crippen LogP contribution is 2.27. The van der Waals surface area contributed by atoms with Gasteiger partial charge in [-0.15, -0.1) is 0 Å². The largest absolute Gasteiger partial charge is 0.345 e. The smallest absolute Gasteiger partial charge is 0.223 e. The van der Waals surface area contributed by atoms with Gasteiger partial charge in [-0.2, -0.15) is 0 Å². The minimum atomic E-state index is 0.0761. The Bertz CT molecular complexity index is 476. The SMILES string of the molecule is CC(=O)CCC(=O)N1CCn2c(C)ccc2C1C. The summed E-state index contributed by atoms with van der Waals surface area (Å²) in [5.74, 6) is 0.162. The monoisotopic (exact) mass is 248 g/mol. The third kappa shape index (κ3) is 2.33. The molecule has 1 unspecified atom stereocenters. The molecule has 1 aromatic heterocycles. The van der Waals surface area contributed by atoms with E-state index < -0.39 is 0 Å². The first-order valence-electron chi connectivity index (χ1n) is 6.45. The Labute approximate surface area is 108 Å². The van der Waals surface area contributed by atoms with Gasteiger partial charge in [0, 0.05) is 37.3 Å². The number of ketones is 1. The van der Waals surface area contributed by atoms with Gasteiger partial charge < -0.3 is 14.3 Å². The van der Waals surface area contributed by atoms with Crippen molar-refractivity contribution in [2.45, 2.75) is 46.2 Å². The molecule has 1 aliphatic heterocycles. The summed E-state index contributed by atoms with van der Waals surface area (Å²) >= 11 is 0. The van der Waals surface area contributed by atoms with Crippen LogP contribution in [-0.4, -0.2) is 27.7 Å². The summed E-state index contributed by atoms with van der Waals surface area (Å²) in [5, 5.41) is 0. The Kier molecular flexibility index (Phi) is 3.55. The molecule has 1 atom stereocenters. The molecule has 2 heterocycles. The van der Waals surface area contributed by atoms with Gasteiger partial charge in [0.05, 0.1) is 6.04 Å². The normalized spacial score (nSPS) is 18.6. The van der Waals surface area contributed by atoms with Crippen LogP contribution in [0.4, 0.5) is 0 Å². The van der Waals surface area contributed by atoms with E-state index in [-0.39, 0.29) is 17.7 Å². The molecule has 2 rings (SSSR count). The molecule has 0 radical (unpaired) electrons. The molecule has 18 heavy (non-hydrogen) atoms. The Morgan fingerprint density at radius 2 is 2.00 bits per heavy atom. The average Bonchev–Trinajstić information content (AvgIpc) is 2.69. The topological polar surface area (TPSA) is 42.3 Å². The van der Waals surface area contributed by atoms with Crippen LogP contribution in [0.3, 0.4) is 0 Å². The predicted octanol–water partition coefficient (Wildman–Crippen LogP) is 2.07. The van der Waals surface area contributed by atoms with Crippen LogP contribution in [0.1, 0.15) is 44.1 Å². The molecule has 0 aliphatic carbocycles. The second-order valence-electron chi connectivity index (χ2n) is 5.02. The van der Waals surface area contributed by atoms with Crippen molar-refractivity contribution in [1.29, 1.82) is 0 Å². The number of amides is 1. The summed E-state index contributed by atoms with van der Waals surface area (Å²) in [4.78, 5) is 24.9. The first-order valence-corrected chi connectivity index (χ1v) is 6.45. The zero-order chi connectivity index (χ0) is 13.3. The lowest BCUT2D eigenvalue weighted by Gasteiger charge is -2.35. The second-order valence-corrected chi connectivity index (χ2v) is 5.02. The summed E-state index contributed by atoms with van der Waals surface area (Å²) in [7, 11) is 0. The first kappa shape index (κ1) is 12.9. The van der Waals surface area contributed by atoms with Gasteiger partial charge in [0.2, 0.25) is 5.91 Å². The van der Waals surface area contributed by atoms with Gasteiger partial charge in [0.25, 0.3) is 0 Å². The van der Waals surface area contributed by atoms with Crippen LogP contribution in [-0.2, 0) is 16.1 Å². The molecule has 0 spiro atoms. The van der Waals surface area contributed by atoms with E-state index in [0.717, 1.165) is 13.1 Å². The summed E-state index contributed by atoms with van der Waals surface area (Å²) in [6, 6.07) is 4.28. The quantitative estimate of drug-likeness (QED) is 0.821. The average molecular weight is 248 g/mol. The van der Waals surface area contributed by atoms with E-state index in [4.69, 9.17) is 0 Å². The second kappa shape index (κ2) is 4.96. The van der Waals surface area contributed by atoms with Gasteiger partial charge in [-0.25, -0.2) is 0 Å². The fourth-order valence-corrected chi connectivity index (χ4v) is 2.59. The molecule has 1 aromatic rings. The lowest BCUT2D eigenvalue weighted by atomic mass is 10.1. The molecule has 4 heteroatoms. The van der Waals surface area contributed by atoms with Crippen molar-refractivity contribution in [2.24, 2.45) is 0 Å². The van der Waals surface area contributed by atoms with Crippen LogP contribution in [0, 0.1) is 6.92 Å². The Morgan fingerprint density at radius 1 is 1.28 bits per heavy atom. The Morgan fingerprint density at radius 3 is 2.67 bits per heavy atom. The van der Waals surface area contributed by atoms with Crippen molar-refractivity contribution in [3.05, 3.63) is 23.5 Å². The van der Waals surface area contributed by atoms with Gasteiger partial charge in [-0.1, -0.05) is 0 Å². The highest BCUT2D eigenvalue weighted by Gasteiger charge is 2.27. The maximum Gasteiger partial charge on any atom is 0.223 e. The van der Waals surface area contributed by atoms with E-state index in [0.29, 0.717) is 12.8 Å². The fourth-order valence-electron chi connectivity index (χ4n) is 2.59. The molecule has 0 N–H and O–H groups in total. The number of carbonyl (C=O) groups excluding carboxylic acids is 2. The van der Waals surface area contributed by atoms with Crippen molar-refractivity contribution >= 4 is 11.7 Å². The van der Waals surface area contributed by atoms with Crippen molar-refractivity contribution < 1.29 is 9.59 Å². The lowest BCUT2D eigenvalue weighted by Crippen LogP contribution is -2.41. The maximum atomic E-state index is 12.1. The molecule has 0 fully saturated rings. The summed E-state index contributed by atoms with van der Waals surface area (Å²) in [5.41, 5.74) is 2.43. The van der Waals surface area contributed by atoms with E-state index in [1.165, 1.54) is 18.3 Å². The number of rotatable bonds is 3. The summed E-state index contributed by atoms with van der Waals surface area (Å²) in [6.45, 7) is 7.26. The molecule has 0 aromatic carbocycles. The fraction of sp³-hybridized carbons (Fsp3) is 0.571. The standard InChI is InChI=1S/C14H20N2O2/c1-10-4-6-13-12(3)16(9-8-15(10)13)14(18)7-5-11(2)17/h4,6,12H,5,7-9H2,1-3H3. The number of aromatic nitrogens is 1. The zero-order valence-electron chi connectivity index (χ0n) is 11.3. The van der Waals surface area contributed by atoms with Gasteiger partial charge >= 0.3 is 0 Å². The third-order valence-corrected chi connectivity index (χ3v) is 3.70. The van der Waals surface area contributed by atoms with E-state index in [9.17, 15) is 9.59 Å². The van der Waals surface area contributed by atoms with Crippen LogP contribution in [0.2, 0.25) is 0 Å². The Balaban J connectivity index is 2.09. The van der Waals surface area contributed by atoms with Crippen molar-refractivity contribution in [2.75, 3.05) is 6.54 Å².